The normalized spacial score (nSPS) is 9.94. The number of hydrogen-bond donors (Lipinski definition) is 1. The molecule has 0 aliphatic heterocycles. The van der Waals surface area contributed by atoms with Gasteiger partial charge in [-0.15, -0.1) is 0 Å². The summed E-state index contributed by atoms with van der Waals surface area (Å²) in [5.74, 6) is -0.0638. The molecule has 4 heteroatoms. The van der Waals surface area contributed by atoms with Crippen LogP contribution >= 0.6 is 0 Å². The molecule has 1 rings (SSSR count). The van der Waals surface area contributed by atoms with Crippen molar-refractivity contribution in [2.45, 2.75) is 19.8 Å². The predicted octanol–water partition coefficient (Wildman–Crippen LogP) is 2.47. The lowest BCUT2D eigenvalue weighted by Crippen LogP contribution is -2.18. The van der Waals surface area contributed by atoms with Crippen LogP contribution in [-0.4, -0.2) is 19.7 Å². The van der Waals surface area contributed by atoms with E-state index >= 15 is 0 Å². The maximum atomic E-state index is 13.2. The average molecular weight is 236 g/mol. The van der Waals surface area contributed by atoms with Crippen LogP contribution < -0.4 is 10.1 Å². The van der Waals surface area contributed by atoms with Gasteiger partial charge in [0.15, 0.2) is 0 Å². The molecular weight excluding hydrogens is 219 g/mol. The van der Waals surface area contributed by atoms with Gasteiger partial charge in [0.1, 0.15) is 17.6 Å². The summed E-state index contributed by atoms with van der Waals surface area (Å²) in [5, 5.41) is 11.8. The first-order valence-corrected chi connectivity index (χ1v) is 5.81. The van der Waals surface area contributed by atoms with E-state index < -0.39 is 5.82 Å². The van der Waals surface area contributed by atoms with E-state index in [1.54, 1.807) is 12.1 Å². The second kappa shape index (κ2) is 7.64. The molecule has 0 aliphatic rings. The van der Waals surface area contributed by atoms with Gasteiger partial charge in [-0.05, 0) is 38.1 Å². The number of hydrogen-bond acceptors (Lipinski definition) is 3. The van der Waals surface area contributed by atoms with E-state index in [9.17, 15) is 4.39 Å². The lowest BCUT2D eigenvalue weighted by molar-refractivity contribution is 0.306. The summed E-state index contributed by atoms with van der Waals surface area (Å²) < 4.78 is 18.6. The minimum Gasteiger partial charge on any atom is -0.493 e. The van der Waals surface area contributed by atoms with Gasteiger partial charge in [-0.25, -0.2) is 4.39 Å². The number of nitriles is 1. The molecule has 92 valence electrons. The van der Waals surface area contributed by atoms with Crippen LogP contribution in [0.2, 0.25) is 0 Å². The third-order valence-electron chi connectivity index (χ3n) is 2.25. The summed E-state index contributed by atoms with van der Waals surface area (Å²) in [6, 6.07) is 6.06. The third-order valence-corrected chi connectivity index (χ3v) is 2.25. The SMILES string of the molecule is CCCNCCCOc1ccc(C#N)c(F)c1. The molecule has 17 heavy (non-hydrogen) atoms. The molecule has 0 heterocycles. The zero-order chi connectivity index (χ0) is 12.5. The van der Waals surface area contributed by atoms with E-state index in [2.05, 4.69) is 12.2 Å². The van der Waals surface area contributed by atoms with Crippen molar-refractivity contribution in [2.24, 2.45) is 0 Å². The van der Waals surface area contributed by atoms with Crippen LogP contribution in [0.3, 0.4) is 0 Å². The molecule has 0 saturated heterocycles. The summed E-state index contributed by atoms with van der Waals surface area (Å²) >= 11 is 0. The van der Waals surface area contributed by atoms with E-state index in [-0.39, 0.29) is 5.56 Å². The molecular formula is C13H17FN2O. The Balaban J connectivity index is 2.28. The lowest BCUT2D eigenvalue weighted by atomic mass is 10.2. The van der Waals surface area contributed by atoms with Gasteiger partial charge in [0.2, 0.25) is 0 Å². The van der Waals surface area contributed by atoms with Gasteiger partial charge in [-0.3, -0.25) is 0 Å². The molecule has 3 nitrogen and oxygen atoms in total. The highest BCUT2D eigenvalue weighted by molar-refractivity contribution is 5.36. The van der Waals surface area contributed by atoms with E-state index in [1.165, 1.54) is 12.1 Å². The molecule has 0 unspecified atom stereocenters. The lowest BCUT2D eigenvalue weighted by Gasteiger charge is -2.07. The zero-order valence-electron chi connectivity index (χ0n) is 10.0. The van der Waals surface area contributed by atoms with Crippen molar-refractivity contribution in [2.75, 3.05) is 19.7 Å². The second-order valence-electron chi connectivity index (χ2n) is 3.71. The van der Waals surface area contributed by atoms with Crippen LogP contribution in [0.25, 0.3) is 0 Å². The summed E-state index contributed by atoms with van der Waals surface area (Å²) in [4.78, 5) is 0. The molecule has 0 atom stereocenters. The minimum absolute atomic E-state index is 0.0435. The number of nitrogens with zero attached hydrogens (tertiary/aromatic N) is 1. The standard InChI is InChI=1S/C13H17FN2O/c1-2-6-16-7-3-8-17-12-5-4-11(10-15)13(14)9-12/h4-5,9,16H,2-3,6-8H2,1H3. The van der Waals surface area contributed by atoms with Crippen LogP contribution in [0.1, 0.15) is 25.3 Å². The molecule has 0 saturated carbocycles. The first-order chi connectivity index (χ1) is 8.27. The van der Waals surface area contributed by atoms with Crippen molar-refractivity contribution in [3.05, 3.63) is 29.6 Å². The molecule has 0 fully saturated rings. The highest BCUT2D eigenvalue weighted by Crippen LogP contribution is 2.15. The third kappa shape index (κ3) is 4.83. The van der Waals surface area contributed by atoms with Crippen molar-refractivity contribution in [1.82, 2.24) is 5.32 Å². The quantitative estimate of drug-likeness (QED) is 0.740. The van der Waals surface area contributed by atoms with E-state index in [1.807, 2.05) is 0 Å². The molecule has 1 aromatic rings. The summed E-state index contributed by atoms with van der Waals surface area (Å²) in [6.07, 6.45) is 1.99. The van der Waals surface area contributed by atoms with Crippen molar-refractivity contribution in [1.29, 1.82) is 5.26 Å². The summed E-state index contributed by atoms with van der Waals surface area (Å²) in [6.45, 7) is 4.56. The zero-order valence-corrected chi connectivity index (χ0v) is 10.0. The van der Waals surface area contributed by atoms with Crippen LogP contribution in [0.4, 0.5) is 4.39 Å². The average Bonchev–Trinajstić information content (AvgIpc) is 2.34. The fraction of sp³-hybridized carbons (Fsp3) is 0.462. The van der Waals surface area contributed by atoms with Gasteiger partial charge in [0.05, 0.1) is 12.2 Å². The molecule has 0 aliphatic carbocycles. The smallest absolute Gasteiger partial charge is 0.144 e. The molecule has 0 bridgehead atoms. The first-order valence-electron chi connectivity index (χ1n) is 5.81. The largest absolute Gasteiger partial charge is 0.493 e. The Morgan fingerprint density at radius 1 is 1.41 bits per heavy atom. The van der Waals surface area contributed by atoms with Crippen molar-refractivity contribution in [3.8, 4) is 11.8 Å². The Labute approximate surface area is 101 Å². The van der Waals surface area contributed by atoms with Crippen LogP contribution in [0.5, 0.6) is 5.75 Å². The number of benzene rings is 1. The molecule has 0 spiro atoms. The van der Waals surface area contributed by atoms with Crippen molar-refractivity contribution in [3.63, 3.8) is 0 Å². The predicted molar refractivity (Wildman–Crippen MR) is 64.4 cm³/mol. The van der Waals surface area contributed by atoms with Gasteiger partial charge in [0, 0.05) is 6.07 Å². The van der Waals surface area contributed by atoms with E-state index in [0.717, 1.165) is 25.9 Å². The Hall–Kier alpha value is -1.60. The Kier molecular flexibility index (Phi) is 6.05. The van der Waals surface area contributed by atoms with Gasteiger partial charge < -0.3 is 10.1 Å². The monoisotopic (exact) mass is 236 g/mol. The summed E-state index contributed by atoms with van der Waals surface area (Å²) in [7, 11) is 0. The first kappa shape index (κ1) is 13.5. The topological polar surface area (TPSA) is 45.0 Å². The fourth-order valence-corrected chi connectivity index (χ4v) is 1.37. The van der Waals surface area contributed by atoms with Gasteiger partial charge in [-0.2, -0.15) is 5.26 Å². The maximum Gasteiger partial charge on any atom is 0.144 e. The molecule has 0 amide bonds. The molecule has 1 aromatic carbocycles. The molecule has 0 aromatic heterocycles. The fourth-order valence-electron chi connectivity index (χ4n) is 1.37. The molecule has 0 radical (unpaired) electrons. The Morgan fingerprint density at radius 2 is 2.24 bits per heavy atom. The number of ether oxygens (including phenoxy) is 1. The van der Waals surface area contributed by atoms with Gasteiger partial charge in [0.25, 0.3) is 0 Å². The number of rotatable bonds is 7. The Bertz CT molecular complexity index is 387. The molecule has 1 N–H and O–H groups in total. The number of halogens is 1. The Morgan fingerprint density at radius 3 is 2.88 bits per heavy atom. The second-order valence-corrected chi connectivity index (χ2v) is 3.71. The van der Waals surface area contributed by atoms with E-state index in [0.29, 0.717) is 12.4 Å². The van der Waals surface area contributed by atoms with Gasteiger partial charge in [-0.1, -0.05) is 6.92 Å². The number of nitrogens with one attached hydrogen (secondary N) is 1. The van der Waals surface area contributed by atoms with Gasteiger partial charge >= 0.3 is 0 Å². The highest BCUT2D eigenvalue weighted by atomic mass is 19.1. The van der Waals surface area contributed by atoms with Crippen LogP contribution in [0, 0.1) is 17.1 Å². The van der Waals surface area contributed by atoms with Crippen LogP contribution in [-0.2, 0) is 0 Å². The van der Waals surface area contributed by atoms with Crippen molar-refractivity contribution < 1.29 is 9.13 Å². The van der Waals surface area contributed by atoms with E-state index in [4.69, 9.17) is 10.00 Å². The van der Waals surface area contributed by atoms with Crippen molar-refractivity contribution >= 4 is 0 Å². The van der Waals surface area contributed by atoms with Crippen LogP contribution in [0.15, 0.2) is 18.2 Å². The summed E-state index contributed by atoms with van der Waals surface area (Å²) in [5.41, 5.74) is 0.0435. The minimum atomic E-state index is -0.533. The maximum absolute atomic E-state index is 13.2. The highest BCUT2D eigenvalue weighted by Gasteiger charge is 2.02.